The molecule has 0 saturated heterocycles. The fourth-order valence-corrected chi connectivity index (χ4v) is 2.50. The van der Waals surface area contributed by atoms with E-state index in [1.54, 1.807) is 24.1 Å². The molecule has 0 radical (unpaired) electrons. The Morgan fingerprint density at radius 3 is 2.76 bits per heavy atom. The van der Waals surface area contributed by atoms with Crippen molar-refractivity contribution < 1.29 is 4.79 Å². The normalized spacial score (nSPS) is 10.6. The van der Waals surface area contributed by atoms with E-state index in [4.69, 9.17) is 0 Å². The number of para-hydroxylation sites is 1. The van der Waals surface area contributed by atoms with Gasteiger partial charge in [0.1, 0.15) is 0 Å². The van der Waals surface area contributed by atoms with Crippen molar-refractivity contribution in [2.75, 3.05) is 6.54 Å². The van der Waals surface area contributed by atoms with Crippen molar-refractivity contribution in [3.05, 3.63) is 76.7 Å². The lowest BCUT2D eigenvalue weighted by atomic mass is 10.2. The molecular formula is C18H19N5O2. The van der Waals surface area contributed by atoms with Crippen LogP contribution in [0.25, 0.3) is 5.69 Å². The smallest absolute Gasteiger partial charge is 0.275 e. The molecule has 7 nitrogen and oxygen atoms in total. The molecule has 1 amide bonds. The van der Waals surface area contributed by atoms with Crippen molar-refractivity contribution in [1.82, 2.24) is 24.6 Å². The summed E-state index contributed by atoms with van der Waals surface area (Å²) in [6, 6.07) is 10.8. The maximum absolute atomic E-state index is 12.3. The Morgan fingerprint density at radius 2 is 2.04 bits per heavy atom. The third-order valence-electron chi connectivity index (χ3n) is 3.76. The lowest BCUT2D eigenvalue weighted by molar-refractivity contribution is 0.0945. The van der Waals surface area contributed by atoms with Crippen LogP contribution >= 0.6 is 0 Å². The van der Waals surface area contributed by atoms with Gasteiger partial charge < -0.3 is 9.88 Å². The number of hydrogen-bond donors (Lipinski definition) is 1. The fraction of sp³-hybridized carbons (Fsp3) is 0.222. The second-order valence-corrected chi connectivity index (χ2v) is 5.66. The van der Waals surface area contributed by atoms with Gasteiger partial charge in [0, 0.05) is 37.2 Å². The molecule has 0 aliphatic heterocycles. The molecule has 25 heavy (non-hydrogen) atoms. The number of aromatic nitrogens is 4. The van der Waals surface area contributed by atoms with E-state index in [1.807, 2.05) is 41.1 Å². The monoisotopic (exact) mass is 337 g/mol. The van der Waals surface area contributed by atoms with Gasteiger partial charge in [-0.05, 0) is 25.5 Å². The zero-order valence-electron chi connectivity index (χ0n) is 13.9. The van der Waals surface area contributed by atoms with Crippen LogP contribution in [-0.4, -0.2) is 31.8 Å². The van der Waals surface area contributed by atoms with Crippen LogP contribution in [-0.2, 0) is 6.54 Å². The number of hydrogen-bond acceptors (Lipinski definition) is 4. The van der Waals surface area contributed by atoms with Crippen LogP contribution < -0.4 is 10.7 Å². The molecule has 3 rings (SSSR count). The van der Waals surface area contributed by atoms with Crippen molar-refractivity contribution in [2.45, 2.75) is 19.9 Å². The molecule has 3 aromatic rings. The Morgan fingerprint density at radius 1 is 1.24 bits per heavy atom. The number of aryl methyl sites for hydroxylation is 2. The average molecular weight is 337 g/mol. The predicted octanol–water partition coefficient (Wildman–Crippen LogP) is 1.56. The first-order valence-electron chi connectivity index (χ1n) is 8.05. The van der Waals surface area contributed by atoms with Crippen LogP contribution in [0.4, 0.5) is 0 Å². The number of nitrogens with zero attached hydrogens (tertiary/aromatic N) is 4. The molecule has 0 unspecified atom stereocenters. The van der Waals surface area contributed by atoms with Crippen LogP contribution in [0.1, 0.15) is 22.6 Å². The third-order valence-corrected chi connectivity index (χ3v) is 3.76. The Bertz CT molecular complexity index is 901. The molecule has 2 aromatic heterocycles. The van der Waals surface area contributed by atoms with Gasteiger partial charge in [0.25, 0.3) is 5.91 Å². The Hall–Kier alpha value is -3.22. The summed E-state index contributed by atoms with van der Waals surface area (Å²) >= 11 is 0. The lowest BCUT2D eigenvalue weighted by Crippen LogP contribution is -2.32. The van der Waals surface area contributed by atoms with Gasteiger partial charge in [-0.2, -0.15) is 5.10 Å². The molecule has 1 N–H and O–H groups in total. The molecule has 0 bridgehead atoms. The molecular weight excluding hydrogens is 318 g/mol. The van der Waals surface area contributed by atoms with Crippen LogP contribution in [0.15, 0.2) is 59.9 Å². The molecule has 0 aliphatic carbocycles. The summed E-state index contributed by atoms with van der Waals surface area (Å²) < 4.78 is 3.53. The Balaban J connectivity index is 1.70. The Kier molecular flexibility index (Phi) is 5.03. The van der Waals surface area contributed by atoms with Gasteiger partial charge in [0.15, 0.2) is 5.69 Å². The first-order valence-corrected chi connectivity index (χ1v) is 8.05. The maximum atomic E-state index is 12.3. The van der Waals surface area contributed by atoms with E-state index in [9.17, 15) is 9.59 Å². The zero-order chi connectivity index (χ0) is 17.6. The standard InChI is InChI=1S/C18H19N5O2/c1-14-12-16(24)17(21-23(14)15-6-3-2-4-7-15)18(25)20-8-5-10-22-11-9-19-13-22/h2-4,6-7,9,11-13H,5,8,10H2,1H3,(H,20,25). The van der Waals surface area contributed by atoms with E-state index in [1.165, 1.54) is 6.07 Å². The number of carbonyl (C=O) groups is 1. The first kappa shape index (κ1) is 16.6. The number of imidazole rings is 1. The van der Waals surface area contributed by atoms with Gasteiger partial charge in [0.2, 0.25) is 5.43 Å². The third kappa shape index (κ3) is 4.00. The molecule has 0 atom stereocenters. The second kappa shape index (κ2) is 7.57. The summed E-state index contributed by atoms with van der Waals surface area (Å²) in [6.07, 6.45) is 6.03. The molecule has 0 fully saturated rings. The van der Waals surface area contributed by atoms with Gasteiger partial charge >= 0.3 is 0 Å². The largest absolute Gasteiger partial charge is 0.350 e. The minimum absolute atomic E-state index is 0.0999. The van der Waals surface area contributed by atoms with Crippen LogP contribution in [0.5, 0.6) is 0 Å². The van der Waals surface area contributed by atoms with Crippen molar-refractivity contribution in [3.8, 4) is 5.69 Å². The molecule has 128 valence electrons. The molecule has 7 heteroatoms. The van der Waals surface area contributed by atoms with E-state index >= 15 is 0 Å². The first-order chi connectivity index (χ1) is 12.1. The highest BCUT2D eigenvalue weighted by molar-refractivity contribution is 5.92. The van der Waals surface area contributed by atoms with Crippen molar-refractivity contribution in [1.29, 1.82) is 0 Å². The predicted molar refractivity (Wildman–Crippen MR) is 93.7 cm³/mol. The van der Waals surface area contributed by atoms with E-state index < -0.39 is 5.91 Å². The van der Waals surface area contributed by atoms with E-state index in [2.05, 4.69) is 15.4 Å². The van der Waals surface area contributed by atoms with Gasteiger partial charge in [-0.1, -0.05) is 18.2 Å². The number of benzene rings is 1. The summed E-state index contributed by atoms with van der Waals surface area (Å²) in [5.74, 6) is -0.458. The average Bonchev–Trinajstić information content (AvgIpc) is 3.13. The number of amides is 1. The summed E-state index contributed by atoms with van der Waals surface area (Å²) in [7, 11) is 0. The topological polar surface area (TPSA) is 81.8 Å². The van der Waals surface area contributed by atoms with Gasteiger partial charge in [-0.3, -0.25) is 9.59 Å². The lowest BCUT2D eigenvalue weighted by Gasteiger charge is -2.11. The van der Waals surface area contributed by atoms with Crippen molar-refractivity contribution >= 4 is 5.91 Å². The van der Waals surface area contributed by atoms with Crippen molar-refractivity contribution in [2.24, 2.45) is 0 Å². The van der Waals surface area contributed by atoms with Gasteiger partial charge in [-0.25, -0.2) is 9.67 Å². The van der Waals surface area contributed by atoms with E-state index in [0.29, 0.717) is 12.2 Å². The zero-order valence-corrected chi connectivity index (χ0v) is 13.9. The molecule has 0 aliphatic rings. The highest BCUT2D eigenvalue weighted by Crippen LogP contribution is 2.07. The second-order valence-electron chi connectivity index (χ2n) is 5.66. The molecule has 2 heterocycles. The van der Waals surface area contributed by atoms with Crippen LogP contribution in [0.3, 0.4) is 0 Å². The number of rotatable bonds is 6. The summed E-state index contributed by atoms with van der Waals surface area (Å²) in [5, 5.41) is 7.00. The van der Waals surface area contributed by atoms with E-state index in [0.717, 1.165) is 18.7 Å². The Labute approximate surface area is 144 Å². The molecule has 1 aromatic carbocycles. The summed E-state index contributed by atoms with van der Waals surface area (Å²) in [6.45, 7) is 2.99. The minimum atomic E-state index is -0.458. The number of nitrogens with one attached hydrogen (secondary N) is 1. The molecule has 0 saturated carbocycles. The quantitative estimate of drug-likeness (QED) is 0.692. The van der Waals surface area contributed by atoms with Gasteiger partial charge in [-0.15, -0.1) is 0 Å². The van der Waals surface area contributed by atoms with Crippen molar-refractivity contribution in [3.63, 3.8) is 0 Å². The highest BCUT2D eigenvalue weighted by atomic mass is 16.2. The van der Waals surface area contributed by atoms with Crippen LogP contribution in [0, 0.1) is 6.92 Å². The highest BCUT2D eigenvalue weighted by Gasteiger charge is 2.14. The van der Waals surface area contributed by atoms with Crippen LogP contribution in [0.2, 0.25) is 0 Å². The minimum Gasteiger partial charge on any atom is -0.350 e. The summed E-state index contributed by atoms with van der Waals surface area (Å²) in [5.41, 5.74) is 0.996. The molecule has 0 spiro atoms. The number of carbonyl (C=O) groups excluding carboxylic acids is 1. The van der Waals surface area contributed by atoms with Gasteiger partial charge in [0.05, 0.1) is 12.0 Å². The van der Waals surface area contributed by atoms with E-state index in [-0.39, 0.29) is 11.1 Å². The maximum Gasteiger partial charge on any atom is 0.275 e. The fourth-order valence-electron chi connectivity index (χ4n) is 2.50. The summed E-state index contributed by atoms with van der Waals surface area (Å²) in [4.78, 5) is 28.4. The SMILES string of the molecule is Cc1cc(=O)c(C(=O)NCCCn2ccnc2)nn1-c1ccccc1.